The topological polar surface area (TPSA) is 21.7 Å². The van der Waals surface area contributed by atoms with Crippen LogP contribution in [0.3, 0.4) is 0 Å². The Kier molecular flexibility index (Phi) is 1.91. The van der Waals surface area contributed by atoms with Crippen molar-refractivity contribution in [1.29, 1.82) is 0 Å². The predicted octanol–water partition coefficient (Wildman–Crippen LogP) is 2.20. The van der Waals surface area contributed by atoms with Crippen LogP contribution in [0.1, 0.15) is 0 Å². The van der Waals surface area contributed by atoms with Crippen molar-refractivity contribution in [2.45, 2.75) is 0 Å². The van der Waals surface area contributed by atoms with Crippen LogP contribution in [0.4, 0.5) is 0 Å². The first-order chi connectivity index (χ1) is 7.70. The Balaban J connectivity index is 2.65. The first-order valence-electron chi connectivity index (χ1n) is 5.08. The van der Waals surface area contributed by atoms with Gasteiger partial charge in [-0.25, -0.2) is 9.13 Å². The van der Waals surface area contributed by atoms with E-state index in [0.717, 1.165) is 21.9 Å². The number of hydrogen-bond donors (Lipinski definition) is 0. The molecule has 0 aliphatic rings. The van der Waals surface area contributed by atoms with Crippen LogP contribution in [0.5, 0.6) is 0 Å². The zero-order chi connectivity index (χ0) is 11.3. The molecule has 0 bridgehead atoms. The Morgan fingerprint density at radius 3 is 2.94 bits per heavy atom. The fraction of sp³-hybridized carbons (Fsp3) is 0.167. The van der Waals surface area contributed by atoms with E-state index in [1.54, 1.807) is 0 Å². The third-order valence-corrected chi connectivity index (χ3v) is 3.48. The van der Waals surface area contributed by atoms with E-state index in [1.165, 1.54) is 0 Å². The maximum atomic E-state index is 6.22. The van der Waals surface area contributed by atoms with E-state index in [2.05, 4.69) is 23.2 Å². The van der Waals surface area contributed by atoms with Gasteiger partial charge >= 0.3 is 5.28 Å². The molecule has 0 saturated heterocycles. The van der Waals surface area contributed by atoms with Crippen LogP contribution in [0.25, 0.3) is 21.9 Å². The highest BCUT2D eigenvalue weighted by Gasteiger charge is 2.20. The molecular formula is C12H11ClN3+. The summed E-state index contributed by atoms with van der Waals surface area (Å²) < 4.78 is 3.93. The summed E-state index contributed by atoms with van der Waals surface area (Å²) in [5.41, 5.74) is 3.16. The third kappa shape index (κ3) is 1.09. The van der Waals surface area contributed by atoms with Gasteiger partial charge in [0.2, 0.25) is 5.52 Å². The van der Waals surface area contributed by atoms with E-state index >= 15 is 0 Å². The Hall–Kier alpha value is -1.61. The summed E-state index contributed by atoms with van der Waals surface area (Å²) in [6, 6.07) is 8.15. The average molecular weight is 233 g/mol. The van der Waals surface area contributed by atoms with Gasteiger partial charge in [-0.1, -0.05) is 6.07 Å². The minimum absolute atomic E-state index is 0.702. The molecule has 2 aromatic heterocycles. The van der Waals surface area contributed by atoms with Crippen molar-refractivity contribution < 1.29 is 4.57 Å². The Bertz CT molecular complexity index is 700. The number of halogens is 1. The van der Waals surface area contributed by atoms with Crippen molar-refractivity contribution in [2.24, 2.45) is 14.1 Å². The second kappa shape index (κ2) is 3.19. The summed E-state index contributed by atoms with van der Waals surface area (Å²) in [5, 5.41) is 1.83. The Labute approximate surface area is 97.9 Å². The zero-order valence-electron chi connectivity index (χ0n) is 9.11. The standard InChI is InChI=1S/C12H11ClN3/c1-15-9-6-5-8-4-3-7-14-10(8)11(9)16(2)12(15)13/h3-7H,1-2H3/q+1. The van der Waals surface area contributed by atoms with Crippen LogP contribution in [-0.4, -0.2) is 9.55 Å². The smallest absolute Gasteiger partial charge is 0.252 e. The van der Waals surface area contributed by atoms with E-state index in [-0.39, 0.29) is 0 Å². The molecule has 0 fully saturated rings. The van der Waals surface area contributed by atoms with Crippen LogP contribution >= 0.6 is 11.6 Å². The highest BCUT2D eigenvalue weighted by atomic mass is 35.5. The van der Waals surface area contributed by atoms with Crippen molar-refractivity contribution >= 4 is 33.5 Å². The van der Waals surface area contributed by atoms with Gasteiger partial charge in [0.15, 0.2) is 5.52 Å². The molecule has 0 spiro atoms. The van der Waals surface area contributed by atoms with Crippen LogP contribution in [-0.2, 0) is 14.1 Å². The third-order valence-electron chi connectivity index (χ3n) is 2.98. The van der Waals surface area contributed by atoms with E-state index in [1.807, 2.05) is 35.5 Å². The molecule has 3 rings (SSSR count). The average Bonchev–Trinajstić information content (AvgIpc) is 2.55. The van der Waals surface area contributed by atoms with E-state index in [9.17, 15) is 0 Å². The quantitative estimate of drug-likeness (QED) is 0.545. The Morgan fingerprint density at radius 1 is 1.31 bits per heavy atom. The number of imidazole rings is 1. The molecule has 3 nitrogen and oxygen atoms in total. The van der Waals surface area contributed by atoms with E-state index in [4.69, 9.17) is 11.6 Å². The van der Waals surface area contributed by atoms with Gasteiger partial charge in [-0.2, -0.15) is 0 Å². The van der Waals surface area contributed by atoms with Gasteiger partial charge in [-0.05, 0) is 18.2 Å². The van der Waals surface area contributed by atoms with E-state index in [0.29, 0.717) is 5.28 Å². The number of benzene rings is 1. The molecule has 16 heavy (non-hydrogen) atoms. The molecule has 1 aromatic carbocycles. The lowest BCUT2D eigenvalue weighted by Crippen LogP contribution is -2.28. The molecule has 3 aromatic rings. The van der Waals surface area contributed by atoms with Crippen LogP contribution in [0.15, 0.2) is 30.5 Å². The summed E-state index contributed by atoms with van der Waals surface area (Å²) >= 11 is 6.22. The van der Waals surface area contributed by atoms with Crippen molar-refractivity contribution in [1.82, 2.24) is 9.55 Å². The zero-order valence-corrected chi connectivity index (χ0v) is 9.86. The molecule has 0 aliphatic heterocycles. The van der Waals surface area contributed by atoms with Gasteiger partial charge in [0.1, 0.15) is 5.52 Å². The Morgan fingerprint density at radius 2 is 2.12 bits per heavy atom. The van der Waals surface area contributed by atoms with Crippen LogP contribution in [0, 0.1) is 0 Å². The van der Waals surface area contributed by atoms with Gasteiger partial charge in [-0.3, -0.25) is 4.98 Å². The lowest BCUT2D eigenvalue weighted by Gasteiger charge is -1.95. The minimum Gasteiger partial charge on any atom is -0.252 e. The molecule has 4 heteroatoms. The second-order valence-electron chi connectivity index (χ2n) is 3.90. The number of nitrogens with zero attached hydrogens (tertiary/aromatic N) is 3. The predicted molar refractivity (Wildman–Crippen MR) is 64.4 cm³/mol. The number of pyridine rings is 1. The van der Waals surface area contributed by atoms with Crippen molar-refractivity contribution in [2.75, 3.05) is 0 Å². The number of fused-ring (bicyclic) bond motifs is 3. The maximum absolute atomic E-state index is 6.22. The van der Waals surface area contributed by atoms with Crippen molar-refractivity contribution in [3.8, 4) is 0 Å². The van der Waals surface area contributed by atoms with Gasteiger partial charge < -0.3 is 0 Å². The lowest BCUT2D eigenvalue weighted by molar-refractivity contribution is -0.642. The molecule has 0 aliphatic carbocycles. The van der Waals surface area contributed by atoms with Gasteiger partial charge in [0.05, 0.1) is 14.1 Å². The monoisotopic (exact) mass is 232 g/mol. The fourth-order valence-electron chi connectivity index (χ4n) is 2.14. The number of aromatic nitrogens is 3. The van der Waals surface area contributed by atoms with Crippen LogP contribution in [0.2, 0.25) is 5.28 Å². The molecule has 0 N–H and O–H groups in total. The van der Waals surface area contributed by atoms with Crippen molar-refractivity contribution in [3.63, 3.8) is 0 Å². The van der Waals surface area contributed by atoms with Gasteiger partial charge in [-0.15, -0.1) is 0 Å². The molecule has 80 valence electrons. The fourth-order valence-corrected chi connectivity index (χ4v) is 2.31. The largest absolute Gasteiger partial charge is 0.355 e. The van der Waals surface area contributed by atoms with Crippen LogP contribution < -0.4 is 4.57 Å². The summed E-state index contributed by atoms with van der Waals surface area (Å²) in [7, 11) is 3.91. The lowest BCUT2D eigenvalue weighted by atomic mass is 10.2. The summed E-state index contributed by atoms with van der Waals surface area (Å²) in [6.45, 7) is 0. The van der Waals surface area contributed by atoms with Crippen molar-refractivity contribution in [3.05, 3.63) is 35.7 Å². The molecule has 0 atom stereocenters. The van der Waals surface area contributed by atoms with Gasteiger partial charge in [0, 0.05) is 23.2 Å². The number of rotatable bonds is 0. The first-order valence-corrected chi connectivity index (χ1v) is 5.45. The summed E-state index contributed by atoms with van der Waals surface area (Å²) in [5.74, 6) is 0. The summed E-state index contributed by atoms with van der Waals surface area (Å²) in [4.78, 5) is 4.43. The molecule has 0 amide bonds. The SMILES string of the molecule is Cn1c(Cl)[n+](C)c2c3ncccc3ccc21. The second-order valence-corrected chi connectivity index (χ2v) is 4.23. The molecule has 0 saturated carbocycles. The van der Waals surface area contributed by atoms with Gasteiger partial charge in [0.25, 0.3) is 0 Å². The molecular weight excluding hydrogens is 222 g/mol. The minimum atomic E-state index is 0.702. The molecule has 2 heterocycles. The number of hydrogen-bond acceptors (Lipinski definition) is 1. The maximum Gasteiger partial charge on any atom is 0.355 e. The van der Waals surface area contributed by atoms with E-state index < -0.39 is 0 Å². The molecule has 0 radical (unpaired) electrons. The highest BCUT2D eigenvalue weighted by molar-refractivity contribution is 6.28. The normalized spacial score (nSPS) is 11.4. The summed E-state index contributed by atoms with van der Waals surface area (Å²) in [6.07, 6.45) is 1.81. The first kappa shape index (κ1) is 9.60. The molecule has 0 unspecified atom stereocenters. The number of aryl methyl sites for hydroxylation is 2. The highest BCUT2D eigenvalue weighted by Crippen LogP contribution is 2.23.